The first-order valence-corrected chi connectivity index (χ1v) is 8.55. The van der Waals surface area contributed by atoms with Crippen LogP contribution >= 0.6 is 39.3 Å². The highest BCUT2D eigenvalue weighted by Crippen LogP contribution is 2.26. The van der Waals surface area contributed by atoms with Crippen LogP contribution < -0.4 is 5.32 Å². The van der Waals surface area contributed by atoms with Gasteiger partial charge >= 0.3 is 0 Å². The first-order valence-electron chi connectivity index (χ1n) is 6.39. The first-order chi connectivity index (χ1) is 10.5. The molecule has 0 unspecified atom stereocenters. The Balaban J connectivity index is 1.97. The summed E-state index contributed by atoms with van der Waals surface area (Å²) in [6.07, 6.45) is 1.77. The summed E-state index contributed by atoms with van der Waals surface area (Å²) in [6.45, 7) is 6.18. The van der Waals surface area contributed by atoms with E-state index in [9.17, 15) is 4.79 Å². The summed E-state index contributed by atoms with van der Waals surface area (Å²) in [6, 6.07) is 5.30. The largest absolute Gasteiger partial charge is 0.324 e. The Morgan fingerprint density at radius 1 is 1.55 bits per heavy atom. The van der Waals surface area contributed by atoms with Crippen LogP contribution in [-0.2, 0) is 11.3 Å². The molecule has 0 saturated carbocycles. The lowest BCUT2D eigenvalue weighted by Gasteiger charge is -2.08. The number of amides is 1. The number of nitrogens with one attached hydrogen (secondary N) is 1. The summed E-state index contributed by atoms with van der Waals surface area (Å²) in [7, 11) is 0. The van der Waals surface area contributed by atoms with Crippen LogP contribution in [0, 0.1) is 6.92 Å². The normalized spacial score (nSPS) is 10.5. The lowest BCUT2D eigenvalue weighted by atomic mass is 10.3. The minimum Gasteiger partial charge on any atom is -0.324 e. The number of nitrogens with zero attached hydrogens (tertiary/aromatic N) is 3. The van der Waals surface area contributed by atoms with Crippen molar-refractivity contribution in [3.63, 3.8) is 0 Å². The number of benzene rings is 1. The molecule has 0 saturated heterocycles. The van der Waals surface area contributed by atoms with Gasteiger partial charge in [0, 0.05) is 11.0 Å². The summed E-state index contributed by atoms with van der Waals surface area (Å²) in [5, 5.41) is 12.0. The third-order valence-corrected chi connectivity index (χ3v) is 4.52. The summed E-state index contributed by atoms with van der Waals surface area (Å²) in [4.78, 5) is 12.0. The van der Waals surface area contributed by atoms with Gasteiger partial charge in [-0.1, -0.05) is 45.4 Å². The molecule has 2 rings (SSSR count). The molecule has 0 fully saturated rings. The zero-order chi connectivity index (χ0) is 16.1. The van der Waals surface area contributed by atoms with Crippen molar-refractivity contribution >= 4 is 50.9 Å². The van der Waals surface area contributed by atoms with Gasteiger partial charge < -0.3 is 9.88 Å². The molecule has 5 nitrogen and oxygen atoms in total. The van der Waals surface area contributed by atoms with E-state index in [1.54, 1.807) is 18.2 Å². The second-order valence-corrected chi connectivity index (χ2v) is 6.66. The molecule has 116 valence electrons. The monoisotopic (exact) mass is 400 g/mol. The molecule has 1 aromatic carbocycles. The van der Waals surface area contributed by atoms with E-state index in [0.717, 1.165) is 10.3 Å². The topological polar surface area (TPSA) is 59.8 Å². The van der Waals surface area contributed by atoms with Gasteiger partial charge in [-0.3, -0.25) is 4.79 Å². The number of carbonyl (C=O) groups is 1. The van der Waals surface area contributed by atoms with E-state index in [4.69, 9.17) is 11.6 Å². The molecule has 1 amide bonds. The molecule has 1 aromatic heterocycles. The molecule has 1 heterocycles. The van der Waals surface area contributed by atoms with E-state index >= 15 is 0 Å². The maximum Gasteiger partial charge on any atom is 0.234 e. The fourth-order valence-electron chi connectivity index (χ4n) is 1.71. The summed E-state index contributed by atoms with van der Waals surface area (Å²) in [5.74, 6) is 0.862. The van der Waals surface area contributed by atoms with Gasteiger partial charge in [-0.05, 0) is 25.1 Å². The Morgan fingerprint density at radius 2 is 2.32 bits per heavy atom. The molecule has 0 bridgehead atoms. The minimum atomic E-state index is -0.153. The van der Waals surface area contributed by atoms with Crippen LogP contribution in [0.1, 0.15) is 5.82 Å². The minimum absolute atomic E-state index is 0.153. The van der Waals surface area contributed by atoms with Crippen LogP contribution in [0.4, 0.5) is 5.69 Å². The third kappa shape index (κ3) is 4.34. The number of hydrogen-bond acceptors (Lipinski definition) is 4. The lowest BCUT2D eigenvalue weighted by molar-refractivity contribution is -0.113. The van der Waals surface area contributed by atoms with E-state index < -0.39 is 0 Å². The number of hydrogen-bond donors (Lipinski definition) is 1. The van der Waals surface area contributed by atoms with E-state index in [2.05, 4.69) is 38.0 Å². The van der Waals surface area contributed by atoms with Crippen LogP contribution in [-0.4, -0.2) is 26.4 Å². The van der Waals surface area contributed by atoms with E-state index in [-0.39, 0.29) is 11.7 Å². The number of aromatic nitrogens is 3. The number of allylic oxidation sites excluding steroid dienone is 1. The van der Waals surface area contributed by atoms with Crippen molar-refractivity contribution in [1.82, 2.24) is 14.8 Å². The van der Waals surface area contributed by atoms with Crippen molar-refractivity contribution in [2.24, 2.45) is 0 Å². The zero-order valence-corrected chi connectivity index (χ0v) is 15.0. The number of halogens is 2. The highest BCUT2D eigenvalue weighted by atomic mass is 79.9. The number of carbonyl (C=O) groups excluding carboxylic acids is 1. The second-order valence-electron chi connectivity index (χ2n) is 4.39. The highest BCUT2D eigenvalue weighted by Gasteiger charge is 2.12. The summed E-state index contributed by atoms with van der Waals surface area (Å²) < 4.78 is 2.76. The molecule has 0 atom stereocenters. The number of anilines is 1. The highest BCUT2D eigenvalue weighted by molar-refractivity contribution is 9.10. The Labute approximate surface area is 146 Å². The molecular formula is C14H14BrClN4OS. The lowest BCUT2D eigenvalue weighted by Crippen LogP contribution is -2.15. The van der Waals surface area contributed by atoms with Gasteiger partial charge in [-0.15, -0.1) is 16.8 Å². The molecular weight excluding hydrogens is 388 g/mol. The van der Waals surface area contributed by atoms with Crippen LogP contribution in [0.3, 0.4) is 0 Å². The number of thioether (sulfide) groups is 1. The maximum atomic E-state index is 12.0. The van der Waals surface area contributed by atoms with Crippen molar-refractivity contribution in [2.45, 2.75) is 18.6 Å². The quantitative estimate of drug-likeness (QED) is 0.589. The molecule has 0 aliphatic heterocycles. The smallest absolute Gasteiger partial charge is 0.234 e. The third-order valence-electron chi connectivity index (χ3n) is 2.75. The van der Waals surface area contributed by atoms with E-state index in [0.29, 0.717) is 22.4 Å². The van der Waals surface area contributed by atoms with Crippen LogP contribution in [0.15, 0.2) is 40.5 Å². The SMILES string of the molecule is C=CCn1c(C)nnc1SCC(=O)Nc1ccc(Br)cc1Cl. The number of rotatable bonds is 6. The van der Waals surface area contributed by atoms with E-state index in [1.165, 1.54) is 11.8 Å². The van der Waals surface area contributed by atoms with Crippen molar-refractivity contribution < 1.29 is 4.79 Å². The van der Waals surface area contributed by atoms with Crippen LogP contribution in [0.5, 0.6) is 0 Å². The van der Waals surface area contributed by atoms with Crippen molar-refractivity contribution in [2.75, 3.05) is 11.1 Å². The van der Waals surface area contributed by atoms with Crippen LogP contribution in [0.25, 0.3) is 0 Å². The van der Waals surface area contributed by atoms with Crippen molar-refractivity contribution in [3.8, 4) is 0 Å². The fraction of sp³-hybridized carbons (Fsp3) is 0.214. The average Bonchev–Trinajstić information content (AvgIpc) is 2.81. The molecule has 8 heteroatoms. The average molecular weight is 402 g/mol. The van der Waals surface area contributed by atoms with Crippen LogP contribution in [0.2, 0.25) is 5.02 Å². The van der Waals surface area contributed by atoms with Gasteiger partial charge in [0.2, 0.25) is 5.91 Å². The Hall–Kier alpha value is -1.31. The van der Waals surface area contributed by atoms with Gasteiger partial charge in [0.1, 0.15) is 5.82 Å². The van der Waals surface area contributed by atoms with Gasteiger partial charge in [0.05, 0.1) is 16.5 Å². The molecule has 22 heavy (non-hydrogen) atoms. The van der Waals surface area contributed by atoms with E-state index in [1.807, 2.05) is 17.6 Å². The van der Waals surface area contributed by atoms with Crippen molar-refractivity contribution in [1.29, 1.82) is 0 Å². The van der Waals surface area contributed by atoms with Crippen molar-refractivity contribution in [3.05, 3.63) is 46.2 Å². The second kappa shape index (κ2) is 7.80. The Kier molecular flexibility index (Phi) is 6.05. The summed E-state index contributed by atoms with van der Waals surface area (Å²) in [5.41, 5.74) is 0.583. The van der Waals surface area contributed by atoms with Gasteiger partial charge in [-0.2, -0.15) is 0 Å². The van der Waals surface area contributed by atoms with Gasteiger partial charge in [-0.25, -0.2) is 0 Å². The maximum absolute atomic E-state index is 12.0. The Bertz CT molecular complexity index is 704. The fourth-order valence-corrected chi connectivity index (χ4v) is 3.23. The Morgan fingerprint density at radius 3 is 3.00 bits per heavy atom. The zero-order valence-electron chi connectivity index (χ0n) is 11.8. The molecule has 0 radical (unpaired) electrons. The standard InChI is InChI=1S/C14H14BrClN4OS/c1-3-6-20-9(2)18-19-14(20)22-8-13(21)17-12-5-4-10(15)7-11(12)16/h3-5,7H,1,6,8H2,2H3,(H,17,21). The van der Waals surface area contributed by atoms with Gasteiger partial charge in [0.15, 0.2) is 5.16 Å². The molecule has 1 N–H and O–H groups in total. The predicted octanol–water partition coefficient (Wildman–Crippen LogP) is 3.92. The molecule has 0 aliphatic rings. The molecule has 0 spiro atoms. The summed E-state index contributed by atoms with van der Waals surface area (Å²) >= 11 is 10.7. The molecule has 2 aromatic rings. The first kappa shape index (κ1) is 17.1. The molecule has 0 aliphatic carbocycles. The number of aryl methyl sites for hydroxylation is 1. The van der Waals surface area contributed by atoms with Gasteiger partial charge in [0.25, 0.3) is 0 Å². The predicted molar refractivity (Wildman–Crippen MR) is 93.5 cm³/mol.